The fraction of sp³-hybridized carbons (Fsp3) is 0.438. The Morgan fingerprint density at radius 2 is 2.00 bits per heavy atom. The van der Waals surface area contributed by atoms with E-state index in [2.05, 4.69) is 58.5 Å². The molecule has 41 heavy (non-hydrogen) atoms. The van der Waals surface area contributed by atoms with E-state index >= 15 is 0 Å². The summed E-state index contributed by atoms with van der Waals surface area (Å²) in [5.41, 5.74) is 8.23. The van der Waals surface area contributed by atoms with E-state index in [1.165, 1.54) is 28.5 Å². The Bertz CT molecular complexity index is 1490. The minimum atomic E-state index is -4.45. The number of anilines is 1. The van der Waals surface area contributed by atoms with Gasteiger partial charge < -0.3 is 11.1 Å². The normalized spacial score (nSPS) is 28.6. The molecule has 5 nitrogen and oxygen atoms in total. The van der Waals surface area contributed by atoms with Gasteiger partial charge in [-0.2, -0.15) is 13.2 Å². The Morgan fingerprint density at radius 3 is 2.73 bits per heavy atom. The van der Waals surface area contributed by atoms with Crippen LogP contribution in [-0.2, 0) is 21.8 Å². The third-order valence-electron chi connectivity index (χ3n) is 9.74. The molecule has 5 atom stereocenters. The first-order valence-corrected chi connectivity index (χ1v) is 15.1. The summed E-state index contributed by atoms with van der Waals surface area (Å²) in [6.45, 7) is 5.92. The minimum Gasteiger partial charge on any atom is -0.375 e. The number of likely N-dealkylation sites (tertiary alicyclic amines) is 1. The van der Waals surface area contributed by atoms with Crippen LogP contribution in [0.2, 0.25) is 0 Å². The Hall–Kier alpha value is -3.17. The van der Waals surface area contributed by atoms with Crippen LogP contribution in [0.15, 0.2) is 60.0 Å². The van der Waals surface area contributed by atoms with Crippen LogP contribution in [0.1, 0.15) is 73.5 Å². The molecule has 3 N–H and O–H groups in total. The Balaban J connectivity index is 1.21. The van der Waals surface area contributed by atoms with Gasteiger partial charge in [0.05, 0.1) is 22.7 Å². The molecule has 2 fully saturated rings. The molecular formula is C32H35F3N4OS. The van der Waals surface area contributed by atoms with E-state index in [0.717, 1.165) is 38.1 Å². The Kier molecular flexibility index (Phi) is 7.01. The van der Waals surface area contributed by atoms with Gasteiger partial charge in [-0.25, -0.2) is 4.98 Å². The summed E-state index contributed by atoms with van der Waals surface area (Å²) in [6.07, 6.45) is 3.27. The second-order valence-corrected chi connectivity index (χ2v) is 12.9. The van der Waals surface area contributed by atoms with Gasteiger partial charge in [0.15, 0.2) is 5.13 Å². The molecule has 1 spiro atoms. The summed E-state index contributed by atoms with van der Waals surface area (Å²) in [5, 5.41) is 5.30. The maximum absolute atomic E-state index is 14.0. The number of allylic oxidation sites excluding steroid dienone is 1. The van der Waals surface area contributed by atoms with E-state index in [9.17, 15) is 18.0 Å². The molecule has 2 aliphatic carbocycles. The van der Waals surface area contributed by atoms with E-state index in [0.29, 0.717) is 35.1 Å². The number of halogens is 3. The topological polar surface area (TPSA) is 71.2 Å². The third-order valence-corrected chi connectivity index (χ3v) is 10.4. The number of nitrogens with one attached hydrogen (secondary N) is 1. The van der Waals surface area contributed by atoms with Gasteiger partial charge in [-0.15, -0.1) is 11.3 Å². The number of nitrogens with two attached hydrogens (primary N) is 1. The van der Waals surface area contributed by atoms with Gasteiger partial charge in [0, 0.05) is 23.4 Å². The quantitative estimate of drug-likeness (QED) is 0.352. The van der Waals surface area contributed by atoms with Crippen molar-refractivity contribution in [1.29, 1.82) is 0 Å². The van der Waals surface area contributed by atoms with Gasteiger partial charge >= 0.3 is 6.18 Å². The third kappa shape index (κ3) is 4.87. The molecule has 3 aromatic rings. The van der Waals surface area contributed by atoms with Gasteiger partial charge in [0.2, 0.25) is 5.91 Å². The molecule has 2 heterocycles. The monoisotopic (exact) mass is 580 g/mol. The van der Waals surface area contributed by atoms with Crippen LogP contribution >= 0.6 is 11.3 Å². The molecule has 3 aliphatic rings. The number of carbonyl (C=O) groups is 1. The summed E-state index contributed by atoms with van der Waals surface area (Å²) >= 11 is 1.31. The standard InChI is InChI=1S/C32H35F3N4OS/c1-20-18-39(15-14-30(20)12-10-22-6-3-4-9-26(22)30)25-11-13-31(17-25,27-19-41-29(36)38-27)28(40)37-21(2)23-7-5-8-24(16-23)32(33,34)35/h3-10,12,16,19-21,25H,11,13-15,17-18H2,1-2H3,(H2,36,38)(H,37,40). The van der Waals surface area contributed by atoms with Crippen molar-refractivity contribution < 1.29 is 18.0 Å². The number of hydrogen-bond acceptors (Lipinski definition) is 5. The molecule has 5 unspecified atom stereocenters. The number of fused-ring (bicyclic) bond motifs is 2. The molecule has 216 valence electrons. The predicted molar refractivity (Wildman–Crippen MR) is 156 cm³/mol. The number of nitrogens with zero attached hydrogens (tertiary/aromatic N) is 2. The predicted octanol–water partition coefficient (Wildman–Crippen LogP) is 6.72. The van der Waals surface area contributed by atoms with E-state index in [1.54, 1.807) is 13.0 Å². The Labute approximate surface area is 242 Å². The average Bonchev–Trinajstić information content (AvgIpc) is 3.68. The molecule has 0 radical (unpaired) electrons. The van der Waals surface area contributed by atoms with E-state index in [1.807, 2.05) is 5.38 Å². The van der Waals surface area contributed by atoms with E-state index in [4.69, 9.17) is 5.73 Å². The number of hydrogen-bond donors (Lipinski definition) is 2. The molecule has 6 rings (SSSR count). The lowest BCUT2D eigenvalue weighted by Gasteiger charge is -2.46. The van der Waals surface area contributed by atoms with Crippen LogP contribution in [0.25, 0.3) is 6.08 Å². The number of thiazole rings is 1. The maximum atomic E-state index is 14.0. The highest BCUT2D eigenvalue weighted by Crippen LogP contribution is 2.50. The molecule has 2 aromatic carbocycles. The molecule has 1 aliphatic heterocycles. The van der Waals surface area contributed by atoms with Crippen molar-refractivity contribution in [3.8, 4) is 0 Å². The van der Waals surface area contributed by atoms with Gasteiger partial charge in [-0.3, -0.25) is 9.69 Å². The maximum Gasteiger partial charge on any atom is 0.416 e. The second-order valence-electron chi connectivity index (χ2n) is 12.0. The van der Waals surface area contributed by atoms with Gasteiger partial charge in [0.1, 0.15) is 0 Å². The smallest absolute Gasteiger partial charge is 0.375 e. The highest BCUT2D eigenvalue weighted by molar-refractivity contribution is 7.13. The number of aromatic nitrogens is 1. The first kappa shape index (κ1) is 28.0. The summed E-state index contributed by atoms with van der Waals surface area (Å²) in [6, 6.07) is 13.4. The number of carbonyl (C=O) groups excluding carboxylic acids is 1. The summed E-state index contributed by atoms with van der Waals surface area (Å²) in [7, 11) is 0. The highest BCUT2D eigenvalue weighted by Gasteiger charge is 2.52. The van der Waals surface area contributed by atoms with Gasteiger partial charge in [-0.05, 0) is 73.9 Å². The van der Waals surface area contributed by atoms with Crippen molar-refractivity contribution in [2.45, 2.75) is 68.6 Å². The first-order chi connectivity index (χ1) is 19.5. The average molecular weight is 581 g/mol. The summed E-state index contributed by atoms with van der Waals surface area (Å²) in [5.74, 6) is 0.209. The van der Waals surface area contributed by atoms with Crippen molar-refractivity contribution in [2.24, 2.45) is 5.92 Å². The molecular weight excluding hydrogens is 545 g/mol. The van der Waals surface area contributed by atoms with Crippen molar-refractivity contribution in [1.82, 2.24) is 15.2 Å². The summed E-state index contributed by atoms with van der Waals surface area (Å²) in [4.78, 5) is 21.1. The van der Waals surface area contributed by atoms with Crippen molar-refractivity contribution in [3.05, 3.63) is 87.9 Å². The number of rotatable bonds is 5. The van der Waals surface area contributed by atoms with Crippen molar-refractivity contribution in [3.63, 3.8) is 0 Å². The SMILES string of the molecule is CC(NC(=O)C1(c2csc(N)n2)CCC(N2CCC3(C=Cc4ccccc43)C(C)C2)C1)c1cccc(C(F)(F)F)c1. The fourth-order valence-corrected chi connectivity index (χ4v) is 8.01. The van der Waals surface area contributed by atoms with Crippen molar-refractivity contribution >= 4 is 28.5 Å². The lowest BCUT2D eigenvalue weighted by atomic mass is 9.67. The molecule has 9 heteroatoms. The second kappa shape index (κ2) is 10.3. The highest BCUT2D eigenvalue weighted by atomic mass is 32.1. The lowest BCUT2D eigenvalue weighted by Crippen LogP contribution is -2.51. The molecule has 1 saturated heterocycles. The van der Waals surface area contributed by atoms with Crippen LogP contribution in [-0.4, -0.2) is 34.9 Å². The first-order valence-electron chi connectivity index (χ1n) is 14.2. The van der Waals surface area contributed by atoms with Crippen LogP contribution in [0.5, 0.6) is 0 Å². The largest absolute Gasteiger partial charge is 0.416 e. The zero-order chi connectivity index (χ0) is 29.0. The summed E-state index contributed by atoms with van der Waals surface area (Å²) < 4.78 is 40.0. The number of alkyl halides is 3. The molecule has 1 aromatic heterocycles. The number of piperidine rings is 1. The minimum absolute atomic E-state index is 0.0455. The lowest BCUT2D eigenvalue weighted by molar-refractivity contribution is -0.137. The molecule has 1 saturated carbocycles. The van der Waals surface area contributed by atoms with Crippen molar-refractivity contribution in [2.75, 3.05) is 18.8 Å². The molecule has 0 bridgehead atoms. The van der Waals surface area contributed by atoms with E-state index < -0.39 is 23.2 Å². The fourth-order valence-electron chi connectivity index (χ4n) is 7.35. The number of benzene rings is 2. The van der Waals surface area contributed by atoms with Gasteiger partial charge in [-0.1, -0.05) is 55.5 Å². The zero-order valence-electron chi connectivity index (χ0n) is 23.2. The van der Waals surface area contributed by atoms with Gasteiger partial charge in [0.25, 0.3) is 0 Å². The van der Waals surface area contributed by atoms with Crippen LogP contribution < -0.4 is 11.1 Å². The van der Waals surface area contributed by atoms with E-state index in [-0.39, 0.29) is 17.4 Å². The Morgan fingerprint density at radius 1 is 1.20 bits per heavy atom. The van der Waals surface area contributed by atoms with Crippen LogP contribution in [0, 0.1) is 5.92 Å². The zero-order valence-corrected chi connectivity index (χ0v) is 24.1. The number of amides is 1. The number of nitrogen functional groups attached to an aromatic ring is 1. The molecule has 1 amide bonds. The van der Waals surface area contributed by atoms with Crippen LogP contribution in [0.4, 0.5) is 18.3 Å². The van der Waals surface area contributed by atoms with Crippen LogP contribution in [0.3, 0.4) is 0 Å².